The van der Waals surface area contributed by atoms with Crippen molar-refractivity contribution in [3.05, 3.63) is 47.0 Å². The summed E-state index contributed by atoms with van der Waals surface area (Å²) in [5.41, 5.74) is 5.51. The lowest BCUT2D eigenvalue weighted by Crippen LogP contribution is -2.32. The Labute approximate surface area is 142 Å². The lowest BCUT2D eigenvalue weighted by molar-refractivity contribution is -0.138. The minimum Gasteiger partial charge on any atom is -0.480 e. The van der Waals surface area contributed by atoms with Crippen molar-refractivity contribution in [1.82, 2.24) is 4.90 Å². The monoisotopic (exact) mass is 360 g/mol. The first kappa shape index (κ1) is 19.7. The molecule has 1 aromatic carbocycles. The number of allylic oxidation sites excluding steroid dienone is 1. The van der Waals surface area contributed by atoms with Gasteiger partial charge in [0.25, 0.3) is 11.8 Å². The summed E-state index contributed by atoms with van der Waals surface area (Å²) in [6.07, 6.45) is -0.503. The number of aliphatic carboxylic acids is 1. The van der Waals surface area contributed by atoms with Crippen molar-refractivity contribution < 1.29 is 28.3 Å². The van der Waals surface area contributed by atoms with Gasteiger partial charge in [0.15, 0.2) is 11.9 Å². The number of amides is 2. The van der Waals surface area contributed by atoms with Gasteiger partial charge < -0.3 is 10.8 Å². The van der Waals surface area contributed by atoms with Gasteiger partial charge in [-0.2, -0.15) is 0 Å². The topological polar surface area (TPSA) is 101 Å². The van der Waals surface area contributed by atoms with Crippen molar-refractivity contribution in [3.63, 3.8) is 0 Å². The quantitative estimate of drug-likeness (QED) is 0.756. The number of fused-ring (bicyclic) bond motifs is 1. The first-order chi connectivity index (χ1) is 10.8. The second kappa shape index (κ2) is 7.98. The number of nitrogens with zero attached hydrogens (tertiary/aromatic N) is 1. The molecule has 3 N–H and O–H groups in total. The van der Waals surface area contributed by atoms with Crippen molar-refractivity contribution in [2.24, 2.45) is 5.73 Å². The molecule has 2 amide bonds. The van der Waals surface area contributed by atoms with Crippen LogP contribution in [-0.2, 0) is 4.79 Å². The van der Waals surface area contributed by atoms with E-state index in [9.17, 15) is 23.2 Å². The summed E-state index contributed by atoms with van der Waals surface area (Å²) in [5.74, 6) is -5.51. The largest absolute Gasteiger partial charge is 0.480 e. The zero-order valence-corrected chi connectivity index (χ0v) is 13.2. The molecule has 0 aliphatic carbocycles. The highest BCUT2D eigenvalue weighted by Crippen LogP contribution is 2.24. The van der Waals surface area contributed by atoms with Gasteiger partial charge in [-0.3, -0.25) is 19.3 Å². The lowest BCUT2D eigenvalue weighted by Gasteiger charge is -2.13. The molecule has 24 heavy (non-hydrogen) atoms. The third-order valence-electron chi connectivity index (χ3n) is 3.45. The molecule has 1 heterocycles. The van der Waals surface area contributed by atoms with E-state index in [4.69, 9.17) is 10.8 Å². The molecule has 1 aromatic rings. The van der Waals surface area contributed by atoms with Gasteiger partial charge in [0.05, 0.1) is 11.1 Å². The number of hydrogen-bond acceptors (Lipinski definition) is 4. The van der Waals surface area contributed by atoms with Crippen LogP contribution < -0.4 is 5.73 Å². The first-order valence-corrected chi connectivity index (χ1v) is 6.82. The molecule has 0 saturated carbocycles. The van der Waals surface area contributed by atoms with Crippen molar-refractivity contribution >= 4 is 30.2 Å². The van der Waals surface area contributed by atoms with Gasteiger partial charge in [0.1, 0.15) is 5.83 Å². The maximum atomic E-state index is 13.5. The Bertz CT molecular complexity index is 673. The lowest BCUT2D eigenvalue weighted by atomic mass is 10.1. The second-order valence-corrected chi connectivity index (χ2v) is 4.98. The first-order valence-electron chi connectivity index (χ1n) is 6.82. The summed E-state index contributed by atoms with van der Waals surface area (Å²) < 4.78 is 26.9. The Kier molecular flexibility index (Phi) is 6.56. The molecular weight excluding hydrogens is 346 g/mol. The molecule has 0 spiro atoms. The van der Waals surface area contributed by atoms with E-state index >= 15 is 0 Å². The summed E-state index contributed by atoms with van der Waals surface area (Å²) >= 11 is 0. The average molecular weight is 361 g/mol. The number of carbonyl (C=O) groups excluding carboxylic acids is 2. The van der Waals surface area contributed by atoms with Gasteiger partial charge in [-0.05, 0) is 18.6 Å². The van der Waals surface area contributed by atoms with Gasteiger partial charge in [0.2, 0.25) is 0 Å². The molecule has 0 aromatic heterocycles. The highest BCUT2D eigenvalue weighted by atomic mass is 35.5. The average Bonchev–Trinajstić information content (AvgIpc) is 2.78. The van der Waals surface area contributed by atoms with Crippen LogP contribution in [0.5, 0.6) is 0 Å². The van der Waals surface area contributed by atoms with Crippen LogP contribution >= 0.6 is 12.4 Å². The Hall–Kier alpha value is -2.32. The minimum absolute atomic E-state index is 0. The molecule has 1 unspecified atom stereocenters. The zero-order valence-electron chi connectivity index (χ0n) is 12.4. The number of nitrogens with two attached hydrogens (primary N) is 1. The smallest absolute Gasteiger partial charge is 0.327 e. The van der Waals surface area contributed by atoms with Crippen molar-refractivity contribution in [2.75, 3.05) is 6.54 Å². The fraction of sp³-hybridized carbons (Fsp3) is 0.267. The minimum atomic E-state index is -2.06. The zero-order chi connectivity index (χ0) is 17.1. The standard InChI is InChI=1S/C15H14F2N2O4.ClH/c16-10(11(17)12(18)15(22)23)6-3-7-19-13(20)8-4-1-2-5-9(8)14(19)21;/h1-2,4-5,12H,3,6-7,18H2,(H,22,23);1H/b11-10-;. The van der Waals surface area contributed by atoms with Gasteiger partial charge >= 0.3 is 5.97 Å². The summed E-state index contributed by atoms with van der Waals surface area (Å²) in [6, 6.07) is 4.22. The number of carboxylic acid groups (broad SMARTS) is 1. The van der Waals surface area contributed by atoms with Crippen LogP contribution in [0.25, 0.3) is 0 Å². The number of benzene rings is 1. The van der Waals surface area contributed by atoms with E-state index < -0.39 is 41.9 Å². The molecule has 1 aliphatic heterocycles. The van der Waals surface area contributed by atoms with E-state index in [1.54, 1.807) is 12.1 Å². The van der Waals surface area contributed by atoms with Crippen LogP contribution in [0.3, 0.4) is 0 Å². The molecule has 1 aliphatic rings. The van der Waals surface area contributed by atoms with E-state index in [1.165, 1.54) is 12.1 Å². The van der Waals surface area contributed by atoms with Crippen LogP contribution in [0.1, 0.15) is 33.6 Å². The summed E-state index contributed by atoms with van der Waals surface area (Å²) in [6.45, 7) is -0.102. The van der Waals surface area contributed by atoms with Gasteiger partial charge in [-0.1, -0.05) is 12.1 Å². The van der Waals surface area contributed by atoms with Crippen LogP contribution in [-0.4, -0.2) is 40.4 Å². The molecular formula is C15H15ClF2N2O4. The molecule has 0 bridgehead atoms. The number of carbonyl (C=O) groups is 3. The van der Waals surface area contributed by atoms with Crippen molar-refractivity contribution in [1.29, 1.82) is 0 Å². The van der Waals surface area contributed by atoms with E-state index in [-0.39, 0.29) is 36.5 Å². The van der Waals surface area contributed by atoms with Crippen LogP contribution in [0.2, 0.25) is 0 Å². The molecule has 0 fully saturated rings. The van der Waals surface area contributed by atoms with Gasteiger partial charge in [-0.15, -0.1) is 12.4 Å². The Morgan fingerprint density at radius 3 is 2.12 bits per heavy atom. The fourth-order valence-corrected chi connectivity index (χ4v) is 2.23. The maximum Gasteiger partial charge on any atom is 0.327 e. The maximum absolute atomic E-state index is 13.5. The Morgan fingerprint density at radius 1 is 1.17 bits per heavy atom. The van der Waals surface area contributed by atoms with Crippen LogP contribution in [0.4, 0.5) is 8.78 Å². The molecule has 1 atom stereocenters. The molecule has 9 heteroatoms. The predicted octanol–water partition coefficient (Wildman–Crippen LogP) is 2.05. The van der Waals surface area contributed by atoms with E-state index in [0.29, 0.717) is 0 Å². The summed E-state index contributed by atoms with van der Waals surface area (Å²) in [4.78, 5) is 35.5. The Balaban J connectivity index is 0.00000288. The second-order valence-electron chi connectivity index (χ2n) is 4.98. The summed E-state index contributed by atoms with van der Waals surface area (Å²) in [5, 5.41) is 8.51. The van der Waals surface area contributed by atoms with Crippen molar-refractivity contribution in [2.45, 2.75) is 18.9 Å². The summed E-state index contributed by atoms with van der Waals surface area (Å²) in [7, 11) is 0. The Morgan fingerprint density at radius 2 is 1.67 bits per heavy atom. The number of hydrogen-bond donors (Lipinski definition) is 2. The molecule has 130 valence electrons. The number of imide groups is 1. The number of rotatable bonds is 6. The van der Waals surface area contributed by atoms with Gasteiger partial charge in [0, 0.05) is 13.0 Å². The predicted molar refractivity (Wildman–Crippen MR) is 83.1 cm³/mol. The van der Waals surface area contributed by atoms with E-state index in [0.717, 1.165) is 4.90 Å². The number of carboxylic acids is 1. The van der Waals surface area contributed by atoms with E-state index in [2.05, 4.69) is 0 Å². The molecule has 0 saturated heterocycles. The fourth-order valence-electron chi connectivity index (χ4n) is 2.23. The third kappa shape index (κ3) is 3.77. The third-order valence-corrected chi connectivity index (χ3v) is 3.45. The highest BCUT2D eigenvalue weighted by Gasteiger charge is 2.34. The van der Waals surface area contributed by atoms with Crippen LogP contribution in [0.15, 0.2) is 35.9 Å². The normalized spacial score (nSPS) is 15.5. The van der Waals surface area contributed by atoms with Crippen LogP contribution in [0, 0.1) is 0 Å². The molecule has 2 rings (SSSR count). The highest BCUT2D eigenvalue weighted by molar-refractivity contribution is 6.21. The molecule has 0 radical (unpaired) electrons. The van der Waals surface area contributed by atoms with Crippen molar-refractivity contribution in [3.8, 4) is 0 Å². The van der Waals surface area contributed by atoms with E-state index in [1.807, 2.05) is 0 Å². The van der Waals surface area contributed by atoms with Gasteiger partial charge in [-0.25, -0.2) is 8.78 Å². The number of halogens is 3. The SMILES string of the molecule is Cl.NC(C(=O)O)/C(F)=C(/F)CCCN1C(=O)c2ccccc2C1=O. The molecule has 6 nitrogen and oxygen atoms in total.